The average molecular weight is 1020 g/mol. The van der Waals surface area contributed by atoms with Crippen LogP contribution in [0.1, 0.15) is 135 Å². The lowest BCUT2D eigenvalue weighted by Gasteiger charge is -2.55. The monoisotopic (exact) mass is 1020 g/mol. The van der Waals surface area contributed by atoms with Gasteiger partial charge in [0, 0.05) is 94.6 Å². The highest BCUT2D eigenvalue weighted by Crippen LogP contribution is 2.59. The van der Waals surface area contributed by atoms with Crippen molar-refractivity contribution in [3.8, 4) is 23.0 Å². The zero-order valence-corrected chi connectivity index (χ0v) is 41.2. The Labute approximate surface area is 398 Å². The Morgan fingerprint density at radius 2 is 0.891 bits per heavy atom. The number of halogens is 2. The molecule has 4 atom stereocenters. The van der Waals surface area contributed by atoms with Gasteiger partial charge in [-0.25, -0.2) is 0 Å². The minimum Gasteiger partial charge on any atom is -1.00 e. The maximum absolute atomic E-state index is 14.1. The molecule has 4 fully saturated rings. The van der Waals surface area contributed by atoms with E-state index in [9.17, 15) is 39.0 Å². The van der Waals surface area contributed by atoms with Gasteiger partial charge in [0.25, 0.3) is 0 Å². The number of rotatable bonds is 19. The number of fused-ring (bicyclic) bond motifs is 4. The first-order chi connectivity index (χ1) is 29.5. The zero-order chi connectivity index (χ0) is 45.0. The molecule has 4 bridgehead atoms. The highest BCUT2D eigenvalue weighted by atomic mass is 79.9. The van der Waals surface area contributed by atoms with Crippen molar-refractivity contribution in [2.24, 2.45) is 17.3 Å². The summed E-state index contributed by atoms with van der Waals surface area (Å²) in [6.07, 6.45) is 7.82. The molecule has 14 nitrogen and oxygen atoms in total. The summed E-state index contributed by atoms with van der Waals surface area (Å²) >= 11 is 0. The molecule has 6 rings (SSSR count). The Bertz CT molecular complexity index is 1890. The largest absolute Gasteiger partial charge is 1.00 e. The van der Waals surface area contributed by atoms with Crippen molar-refractivity contribution in [2.45, 2.75) is 161 Å². The van der Waals surface area contributed by atoms with Gasteiger partial charge < -0.3 is 72.1 Å². The van der Waals surface area contributed by atoms with Crippen LogP contribution in [0.4, 0.5) is 0 Å². The summed E-state index contributed by atoms with van der Waals surface area (Å²) < 4.78 is 23.7. The van der Waals surface area contributed by atoms with Gasteiger partial charge in [-0.05, 0) is 61.1 Å². The van der Waals surface area contributed by atoms with E-state index >= 15 is 0 Å². The molecular weight excluding hydrogens is 956 g/mol. The Morgan fingerprint density at radius 1 is 0.562 bits per heavy atom. The summed E-state index contributed by atoms with van der Waals surface area (Å²) in [5, 5.41) is 21.3. The number of quaternary nitrogens is 2. The smallest absolute Gasteiger partial charge is 0.311 e. The van der Waals surface area contributed by atoms with Gasteiger partial charge in [-0.2, -0.15) is 0 Å². The molecule has 0 aliphatic carbocycles. The van der Waals surface area contributed by atoms with Crippen LogP contribution in [0, 0.1) is 17.3 Å². The van der Waals surface area contributed by atoms with E-state index in [4.69, 9.17) is 18.9 Å². The van der Waals surface area contributed by atoms with Gasteiger partial charge >= 0.3 is 35.8 Å². The normalized spacial score (nSPS) is 27.5. The number of benzene rings is 2. The molecule has 4 heterocycles. The molecule has 4 aliphatic rings. The van der Waals surface area contributed by atoms with E-state index in [0.29, 0.717) is 60.6 Å². The van der Waals surface area contributed by atoms with Crippen molar-refractivity contribution in [3.63, 3.8) is 0 Å². The molecule has 0 radical (unpaired) electrons. The third-order valence-corrected chi connectivity index (χ3v) is 15.2. The summed E-state index contributed by atoms with van der Waals surface area (Å²) in [6, 6.07) is 11.5. The lowest BCUT2D eigenvalue weighted by atomic mass is 9.56. The molecule has 0 amide bonds. The summed E-state index contributed by atoms with van der Waals surface area (Å²) in [5.74, 6) is -2.93. The third kappa shape index (κ3) is 11.0. The van der Waals surface area contributed by atoms with Gasteiger partial charge in [-0.15, -0.1) is 0 Å². The minimum absolute atomic E-state index is 0. The molecular formula is C48H66Br2N2O12. The molecule has 2 N–H and O–H groups in total. The van der Waals surface area contributed by atoms with E-state index in [1.807, 2.05) is 12.1 Å². The standard InChI is InChI=1S/C48H64N2O12.2BrH/c1-7-43(53)59-38-19-13-30(22-40(38)61-45(55)9-3)28-49(5)34-15-16-35(49)25-32(24-34)48(47(57)58,21-11-12-42(51)52)33-26-36-17-18-37(27-33)50(36,6)29-31-14-20-39(60-44(54)8-2)41(23-31)62-46(56)10-4;;/h13-14,19-20,22-23,32-37H,7-12,15-18,21,24-29H2,1-6H3;2*1H. The van der Waals surface area contributed by atoms with Crippen LogP contribution < -0.4 is 52.9 Å². The third-order valence-electron chi connectivity index (χ3n) is 15.2. The second-order valence-electron chi connectivity index (χ2n) is 18.6. The van der Waals surface area contributed by atoms with E-state index in [0.717, 1.165) is 36.8 Å². The number of nitrogens with zero attached hydrogens (tertiary/aromatic N) is 2. The molecule has 16 heteroatoms. The molecule has 354 valence electrons. The van der Waals surface area contributed by atoms with Crippen LogP contribution in [0.15, 0.2) is 36.4 Å². The number of hydrogen-bond donors (Lipinski definition) is 2. The lowest BCUT2D eigenvalue weighted by Crippen LogP contribution is -3.00. The topological polar surface area (TPSA) is 180 Å². The molecule has 0 aromatic heterocycles. The van der Waals surface area contributed by atoms with Crippen molar-refractivity contribution >= 4 is 35.8 Å². The molecule has 2 aromatic carbocycles. The zero-order valence-electron chi connectivity index (χ0n) is 38.1. The van der Waals surface area contributed by atoms with Crippen LogP contribution in [0.5, 0.6) is 23.0 Å². The maximum Gasteiger partial charge on any atom is 0.311 e. The lowest BCUT2D eigenvalue weighted by molar-refractivity contribution is -0.963. The van der Waals surface area contributed by atoms with Crippen molar-refractivity contribution in [1.29, 1.82) is 0 Å². The molecule has 4 unspecified atom stereocenters. The predicted molar refractivity (Wildman–Crippen MR) is 227 cm³/mol. The fraction of sp³-hybridized carbons (Fsp3) is 0.625. The van der Waals surface area contributed by atoms with Crippen LogP contribution in [-0.2, 0) is 41.9 Å². The van der Waals surface area contributed by atoms with Gasteiger partial charge in [0.15, 0.2) is 23.0 Å². The summed E-state index contributed by atoms with van der Waals surface area (Å²) in [4.78, 5) is 75.1. The first kappa shape index (κ1) is 52.8. The Hall–Kier alpha value is -3.86. The Balaban J connectivity index is 0.00000449. The summed E-state index contributed by atoms with van der Waals surface area (Å²) in [7, 11) is 4.49. The minimum atomic E-state index is -1.09. The van der Waals surface area contributed by atoms with Gasteiger partial charge in [-0.3, -0.25) is 28.8 Å². The van der Waals surface area contributed by atoms with Gasteiger partial charge in [-0.1, -0.05) is 27.7 Å². The van der Waals surface area contributed by atoms with Gasteiger partial charge in [0.2, 0.25) is 0 Å². The van der Waals surface area contributed by atoms with Crippen molar-refractivity contribution < 1.29 is 101 Å². The molecule has 2 aromatic rings. The number of carbonyl (C=O) groups excluding carboxylic acids is 4. The number of esters is 4. The van der Waals surface area contributed by atoms with E-state index in [2.05, 4.69) is 14.1 Å². The van der Waals surface area contributed by atoms with E-state index in [1.54, 1.807) is 52.0 Å². The average Bonchev–Trinajstić information content (AvgIpc) is 3.45. The summed E-state index contributed by atoms with van der Waals surface area (Å²) in [5.41, 5.74) is 0.765. The van der Waals surface area contributed by atoms with Crippen LogP contribution in [0.3, 0.4) is 0 Å². The SMILES string of the molecule is CCC(=O)Oc1ccc(C[N+]2(C)C3CCC2CC(C(CCCC(=O)O)(C(=O)O)C2CC4CCC(C2)[N+]4(C)Cc2ccc(OC(=O)CC)c(OC(=O)CC)c2)C3)cc1OC(=O)CC.[Br-].[Br-]. The highest BCUT2D eigenvalue weighted by Gasteiger charge is 2.63. The highest BCUT2D eigenvalue weighted by molar-refractivity contribution is 5.77. The van der Waals surface area contributed by atoms with Crippen molar-refractivity contribution in [2.75, 3.05) is 14.1 Å². The Morgan fingerprint density at radius 3 is 1.19 bits per heavy atom. The first-order valence-corrected chi connectivity index (χ1v) is 22.7. The van der Waals surface area contributed by atoms with E-state index in [-0.39, 0.29) is 125 Å². The number of carbonyl (C=O) groups is 6. The molecule has 0 saturated carbocycles. The van der Waals surface area contributed by atoms with Crippen molar-refractivity contribution in [3.05, 3.63) is 47.5 Å². The number of piperidine rings is 2. The van der Waals surface area contributed by atoms with E-state index in [1.165, 1.54) is 0 Å². The number of ether oxygens (including phenoxy) is 4. The summed E-state index contributed by atoms with van der Waals surface area (Å²) in [6.45, 7) is 8.05. The second kappa shape index (κ2) is 22.1. The quantitative estimate of drug-likeness (QED) is 0.119. The molecule has 0 spiro atoms. The molecule has 4 saturated heterocycles. The number of hydrogen-bond acceptors (Lipinski definition) is 10. The predicted octanol–water partition coefficient (Wildman–Crippen LogP) is 1.76. The van der Waals surface area contributed by atoms with Crippen molar-refractivity contribution in [1.82, 2.24) is 0 Å². The van der Waals surface area contributed by atoms with Crippen LogP contribution in [0.2, 0.25) is 0 Å². The van der Waals surface area contributed by atoms with Crippen LogP contribution in [-0.4, -0.2) is 93.3 Å². The fourth-order valence-electron chi connectivity index (χ4n) is 11.8. The molecule has 4 aliphatic heterocycles. The maximum atomic E-state index is 14.1. The molecule has 64 heavy (non-hydrogen) atoms. The van der Waals surface area contributed by atoms with Gasteiger partial charge in [0.05, 0.1) is 43.7 Å². The Kier molecular flexibility index (Phi) is 18.2. The number of carboxylic acids is 2. The first-order valence-electron chi connectivity index (χ1n) is 22.7. The van der Waals surface area contributed by atoms with Crippen LogP contribution in [0.25, 0.3) is 0 Å². The van der Waals surface area contributed by atoms with E-state index < -0.39 is 41.2 Å². The number of aliphatic carboxylic acids is 2. The number of carboxylic acid groups (broad SMARTS) is 2. The van der Waals surface area contributed by atoms with Crippen LogP contribution >= 0.6 is 0 Å². The van der Waals surface area contributed by atoms with Gasteiger partial charge in [0.1, 0.15) is 13.1 Å². The second-order valence-corrected chi connectivity index (χ2v) is 18.6. The fourth-order valence-corrected chi connectivity index (χ4v) is 11.8.